The Morgan fingerprint density at radius 3 is 3.08 bits per heavy atom. The van der Waals surface area contributed by atoms with Crippen LogP contribution in [0.1, 0.15) is 24.4 Å². The Bertz CT molecular complexity index is 248. The van der Waals surface area contributed by atoms with Crippen LogP contribution < -0.4 is 5.32 Å². The van der Waals surface area contributed by atoms with E-state index in [1.165, 1.54) is 19.4 Å². The molecule has 0 saturated carbocycles. The number of nitrogens with one attached hydrogen (secondary N) is 1. The topological polar surface area (TPSA) is 25.2 Å². The summed E-state index contributed by atoms with van der Waals surface area (Å²) in [6.45, 7) is 3.16. The fraction of sp³-hybridized carbons (Fsp3) is 0.600. The minimum absolute atomic E-state index is 0.649. The molecule has 1 fully saturated rings. The van der Waals surface area contributed by atoms with E-state index in [0.717, 1.165) is 17.9 Å². The molecule has 0 aliphatic carbocycles. The van der Waals surface area contributed by atoms with Crippen molar-refractivity contribution < 1.29 is 4.42 Å². The lowest BCUT2D eigenvalue weighted by Gasteiger charge is -2.06. The van der Waals surface area contributed by atoms with Crippen LogP contribution in [0.2, 0.25) is 0 Å². The van der Waals surface area contributed by atoms with E-state index in [4.69, 9.17) is 4.42 Å². The van der Waals surface area contributed by atoms with Gasteiger partial charge < -0.3 is 9.73 Å². The molecule has 2 nitrogen and oxygen atoms in total. The maximum atomic E-state index is 5.51. The Morgan fingerprint density at radius 2 is 2.50 bits per heavy atom. The maximum absolute atomic E-state index is 5.51. The normalized spacial score (nSPS) is 23.2. The quantitative estimate of drug-likeness (QED) is 0.723. The highest BCUT2D eigenvalue weighted by molar-refractivity contribution is 5.07. The number of hydrogen-bond donors (Lipinski definition) is 1. The molecule has 1 aliphatic rings. The zero-order valence-corrected chi connectivity index (χ0v) is 7.47. The van der Waals surface area contributed by atoms with Crippen molar-refractivity contribution in [3.8, 4) is 0 Å². The van der Waals surface area contributed by atoms with Gasteiger partial charge in [0.15, 0.2) is 0 Å². The zero-order valence-electron chi connectivity index (χ0n) is 7.47. The summed E-state index contributed by atoms with van der Waals surface area (Å²) in [5.41, 5.74) is 0. The molecule has 2 rings (SSSR count). The molecular weight excluding hydrogens is 150 g/mol. The summed E-state index contributed by atoms with van der Waals surface area (Å²) >= 11 is 0. The van der Waals surface area contributed by atoms with E-state index in [-0.39, 0.29) is 0 Å². The van der Waals surface area contributed by atoms with E-state index >= 15 is 0 Å². The third-order valence-corrected chi connectivity index (χ3v) is 2.41. The first-order valence-corrected chi connectivity index (χ1v) is 4.63. The highest BCUT2D eigenvalue weighted by Crippen LogP contribution is 2.13. The summed E-state index contributed by atoms with van der Waals surface area (Å²) < 4.78 is 5.51. The van der Waals surface area contributed by atoms with Gasteiger partial charge in [0.05, 0.1) is 0 Å². The van der Waals surface area contributed by atoms with Gasteiger partial charge in [-0.2, -0.15) is 0 Å². The van der Waals surface area contributed by atoms with E-state index in [1.54, 1.807) is 0 Å². The highest BCUT2D eigenvalue weighted by atomic mass is 16.3. The lowest BCUT2D eigenvalue weighted by atomic mass is 10.1. The minimum atomic E-state index is 0.649. The van der Waals surface area contributed by atoms with Gasteiger partial charge in [0.25, 0.3) is 0 Å². The van der Waals surface area contributed by atoms with Crippen molar-refractivity contribution in [1.82, 2.24) is 5.32 Å². The van der Waals surface area contributed by atoms with Crippen molar-refractivity contribution in [2.24, 2.45) is 0 Å². The molecule has 2 heterocycles. The summed E-state index contributed by atoms with van der Waals surface area (Å²) in [6.07, 6.45) is 3.65. The lowest BCUT2D eigenvalue weighted by Crippen LogP contribution is -2.23. The van der Waals surface area contributed by atoms with Crippen LogP contribution in [0.4, 0.5) is 0 Å². The van der Waals surface area contributed by atoms with Crippen LogP contribution in [-0.2, 0) is 6.42 Å². The molecule has 1 aromatic rings. The van der Waals surface area contributed by atoms with Gasteiger partial charge in [-0.3, -0.25) is 0 Å². The molecule has 12 heavy (non-hydrogen) atoms. The molecule has 0 aromatic carbocycles. The SMILES string of the molecule is Cc1ccc(CC2CCCN2)o1. The number of hydrogen-bond acceptors (Lipinski definition) is 2. The third kappa shape index (κ3) is 1.69. The first-order chi connectivity index (χ1) is 5.84. The van der Waals surface area contributed by atoms with Crippen LogP contribution in [0.25, 0.3) is 0 Å². The maximum Gasteiger partial charge on any atom is 0.105 e. The Labute approximate surface area is 73.0 Å². The average molecular weight is 165 g/mol. The van der Waals surface area contributed by atoms with E-state index < -0.39 is 0 Å². The third-order valence-electron chi connectivity index (χ3n) is 2.41. The minimum Gasteiger partial charge on any atom is -0.466 e. The number of aryl methyl sites for hydroxylation is 1. The summed E-state index contributed by atoms with van der Waals surface area (Å²) in [4.78, 5) is 0. The fourth-order valence-corrected chi connectivity index (χ4v) is 1.77. The van der Waals surface area contributed by atoms with Crippen molar-refractivity contribution in [3.63, 3.8) is 0 Å². The summed E-state index contributed by atoms with van der Waals surface area (Å²) in [7, 11) is 0. The summed E-state index contributed by atoms with van der Waals surface area (Å²) in [5, 5.41) is 3.45. The predicted octanol–water partition coefficient (Wildman–Crippen LogP) is 1.88. The molecular formula is C10H15NO. The van der Waals surface area contributed by atoms with Crippen molar-refractivity contribution in [2.45, 2.75) is 32.2 Å². The van der Waals surface area contributed by atoms with Crippen LogP contribution >= 0.6 is 0 Å². The molecule has 0 amide bonds. The smallest absolute Gasteiger partial charge is 0.105 e. The molecule has 66 valence electrons. The van der Waals surface area contributed by atoms with Crippen molar-refractivity contribution in [3.05, 3.63) is 23.7 Å². The fourth-order valence-electron chi connectivity index (χ4n) is 1.77. The molecule has 1 atom stereocenters. The molecule has 0 spiro atoms. The van der Waals surface area contributed by atoms with E-state index in [0.29, 0.717) is 6.04 Å². The van der Waals surface area contributed by atoms with Crippen LogP contribution in [0, 0.1) is 6.92 Å². The van der Waals surface area contributed by atoms with Crippen molar-refractivity contribution in [1.29, 1.82) is 0 Å². The second-order valence-electron chi connectivity index (χ2n) is 3.51. The van der Waals surface area contributed by atoms with Gasteiger partial charge in [-0.15, -0.1) is 0 Å². The van der Waals surface area contributed by atoms with E-state index in [9.17, 15) is 0 Å². The van der Waals surface area contributed by atoms with Crippen molar-refractivity contribution >= 4 is 0 Å². The number of furan rings is 1. The summed E-state index contributed by atoms with van der Waals surface area (Å²) in [5.74, 6) is 2.13. The predicted molar refractivity (Wildman–Crippen MR) is 48.2 cm³/mol. The average Bonchev–Trinajstić information content (AvgIpc) is 2.63. The largest absolute Gasteiger partial charge is 0.466 e. The van der Waals surface area contributed by atoms with E-state index in [2.05, 4.69) is 11.4 Å². The van der Waals surface area contributed by atoms with Gasteiger partial charge in [-0.25, -0.2) is 0 Å². The molecule has 1 N–H and O–H groups in total. The number of rotatable bonds is 2. The Kier molecular flexibility index (Phi) is 2.17. The molecule has 1 saturated heterocycles. The summed E-state index contributed by atoms with van der Waals surface area (Å²) in [6, 6.07) is 4.76. The first-order valence-electron chi connectivity index (χ1n) is 4.63. The van der Waals surface area contributed by atoms with Crippen LogP contribution in [0.5, 0.6) is 0 Å². The van der Waals surface area contributed by atoms with Crippen LogP contribution in [-0.4, -0.2) is 12.6 Å². The van der Waals surface area contributed by atoms with Gasteiger partial charge in [-0.05, 0) is 38.4 Å². The van der Waals surface area contributed by atoms with Gasteiger partial charge in [0.2, 0.25) is 0 Å². The van der Waals surface area contributed by atoms with Crippen molar-refractivity contribution in [2.75, 3.05) is 6.54 Å². The van der Waals surface area contributed by atoms with Gasteiger partial charge >= 0.3 is 0 Å². The monoisotopic (exact) mass is 165 g/mol. The molecule has 2 heteroatoms. The van der Waals surface area contributed by atoms with Gasteiger partial charge in [0, 0.05) is 12.5 Å². The molecule has 1 unspecified atom stereocenters. The Balaban J connectivity index is 1.94. The van der Waals surface area contributed by atoms with Gasteiger partial charge in [0.1, 0.15) is 11.5 Å². The zero-order chi connectivity index (χ0) is 8.39. The van der Waals surface area contributed by atoms with Gasteiger partial charge in [-0.1, -0.05) is 0 Å². The van der Waals surface area contributed by atoms with Crippen LogP contribution in [0.3, 0.4) is 0 Å². The van der Waals surface area contributed by atoms with Crippen LogP contribution in [0.15, 0.2) is 16.5 Å². The molecule has 1 aromatic heterocycles. The second-order valence-corrected chi connectivity index (χ2v) is 3.51. The van der Waals surface area contributed by atoms with E-state index in [1.807, 2.05) is 13.0 Å². The second kappa shape index (κ2) is 3.31. The molecule has 0 bridgehead atoms. The Morgan fingerprint density at radius 1 is 1.58 bits per heavy atom. The Hall–Kier alpha value is -0.760. The molecule has 1 aliphatic heterocycles. The highest BCUT2D eigenvalue weighted by Gasteiger charge is 2.15. The first kappa shape index (κ1) is 7.87. The standard InChI is InChI=1S/C10H15NO/c1-8-4-5-10(12-8)7-9-3-2-6-11-9/h4-5,9,11H,2-3,6-7H2,1H3. The molecule has 0 radical (unpaired) electrons. The lowest BCUT2D eigenvalue weighted by molar-refractivity contribution is 0.452.